The summed E-state index contributed by atoms with van der Waals surface area (Å²) in [5.41, 5.74) is 1.44. The number of likely N-dealkylation sites (N-methyl/N-ethyl adjacent to an activating group) is 1. The van der Waals surface area contributed by atoms with E-state index in [4.69, 9.17) is 9.47 Å². The zero-order valence-corrected chi connectivity index (χ0v) is 23.6. The van der Waals surface area contributed by atoms with Gasteiger partial charge in [0.2, 0.25) is 5.91 Å². The Balaban J connectivity index is 1.87. The van der Waals surface area contributed by atoms with Gasteiger partial charge in [0.1, 0.15) is 22.9 Å². The predicted octanol–water partition coefficient (Wildman–Crippen LogP) is 4.52. The van der Waals surface area contributed by atoms with Crippen molar-refractivity contribution in [2.45, 2.75) is 38.1 Å². The number of nitrogens with one attached hydrogen (secondary N) is 3. The van der Waals surface area contributed by atoms with E-state index in [1.165, 1.54) is 32.4 Å². The van der Waals surface area contributed by atoms with Crippen molar-refractivity contribution in [1.82, 2.24) is 16.0 Å². The lowest BCUT2D eigenvalue weighted by Gasteiger charge is -2.39. The quantitative estimate of drug-likeness (QED) is 0.150. The van der Waals surface area contributed by atoms with E-state index >= 15 is 0 Å². The van der Waals surface area contributed by atoms with Crippen molar-refractivity contribution in [3.63, 3.8) is 0 Å². The maximum Gasteiger partial charge on any atom is 0.331 e. The Morgan fingerprint density at radius 3 is 2.44 bits per heavy atom. The third kappa shape index (κ3) is 8.17. The van der Waals surface area contributed by atoms with Crippen LogP contribution in [0.2, 0.25) is 0 Å². The zero-order chi connectivity index (χ0) is 29.8. The van der Waals surface area contributed by atoms with Crippen molar-refractivity contribution in [3.05, 3.63) is 113 Å². The van der Waals surface area contributed by atoms with Gasteiger partial charge in [-0.25, -0.2) is 9.18 Å². The lowest BCUT2D eigenvalue weighted by Crippen LogP contribution is -2.59. The topological polar surface area (TPSA) is 106 Å². The Kier molecular flexibility index (Phi) is 11.0. The van der Waals surface area contributed by atoms with Crippen LogP contribution in [0.3, 0.4) is 0 Å². The van der Waals surface area contributed by atoms with E-state index in [1.54, 1.807) is 49.4 Å². The number of esters is 1. The lowest BCUT2D eigenvalue weighted by atomic mass is 9.76. The van der Waals surface area contributed by atoms with Crippen molar-refractivity contribution in [3.8, 4) is 0 Å². The maximum atomic E-state index is 13.7. The molecule has 0 unspecified atom stereocenters. The first kappa shape index (κ1) is 30.9. The van der Waals surface area contributed by atoms with E-state index in [9.17, 15) is 18.8 Å². The molecule has 2 amide bonds. The number of carbonyl (C=O) groups excluding carboxylic acids is 3. The smallest absolute Gasteiger partial charge is 0.331 e. The van der Waals surface area contributed by atoms with Gasteiger partial charge in [0.05, 0.1) is 12.7 Å². The van der Waals surface area contributed by atoms with Crippen LogP contribution in [0.5, 0.6) is 0 Å². The molecule has 1 aromatic carbocycles. The van der Waals surface area contributed by atoms with Gasteiger partial charge in [-0.1, -0.05) is 30.9 Å². The van der Waals surface area contributed by atoms with E-state index in [0.717, 1.165) is 17.6 Å². The standard InChI is InChI=1S/C32H36FN3O5/c1-5-8-23(11-16-28(37)36-32(18-7-19-32)31(39)40-4)9-6-10-27(30(38)34-3)29(24-12-14-26(33)15-13-24)41-22(2)25-17-20-35-21-25/h5-6,8,10-17,20,35H,1,7,9,18-19,21H2,2-4H3,(H,34,38)(H,36,37)/b10-6+,16-11+,23-8-,25-22+,29-27+. The van der Waals surface area contributed by atoms with E-state index in [2.05, 4.69) is 22.5 Å². The van der Waals surface area contributed by atoms with E-state index in [1.807, 2.05) is 12.3 Å². The molecule has 9 heteroatoms. The second kappa shape index (κ2) is 14.6. The average molecular weight is 562 g/mol. The average Bonchev–Trinajstić information content (AvgIpc) is 3.50. The number of allylic oxidation sites excluding steroid dienone is 6. The van der Waals surface area contributed by atoms with E-state index in [-0.39, 0.29) is 11.3 Å². The fraction of sp³-hybridized carbons (Fsp3) is 0.281. The molecule has 0 spiro atoms. The molecule has 1 fully saturated rings. The molecule has 41 heavy (non-hydrogen) atoms. The predicted molar refractivity (Wildman–Crippen MR) is 156 cm³/mol. The van der Waals surface area contributed by atoms with Gasteiger partial charge in [0.15, 0.2) is 0 Å². The van der Waals surface area contributed by atoms with Gasteiger partial charge in [-0.15, -0.1) is 0 Å². The monoisotopic (exact) mass is 561 g/mol. The Labute approximate surface area is 240 Å². The molecule has 1 aliphatic heterocycles. The van der Waals surface area contributed by atoms with Crippen molar-refractivity contribution in [2.75, 3.05) is 20.7 Å². The number of benzene rings is 1. The molecule has 1 saturated carbocycles. The minimum atomic E-state index is -0.972. The fourth-order valence-corrected chi connectivity index (χ4v) is 4.33. The van der Waals surface area contributed by atoms with Gasteiger partial charge >= 0.3 is 5.97 Å². The highest BCUT2D eigenvalue weighted by atomic mass is 19.1. The maximum absolute atomic E-state index is 13.7. The molecule has 0 aromatic heterocycles. The first-order valence-corrected chi connectivity index (χ1v) is 13.3. The molecule has 8 nitrogen and oxygen atoms in total. The second-order valence-electron chi connectivity index (χ2n) is 9.56. The van der Waals surface area contributed by atoms with Crippen LogP contribution >= 0.6 is 0 Å². The first-order valence-electron chi connectivity index (χ1n) is 13.3. The largest absolute Gasteiger partial charge is 0.467 e. The van der Waals surface area contributed by atoms with Gasteiger partial charge in [0, 0.05) is 30.8 Å². The Morgan fingerprint density at radius 1 is 1.15 bits per heavy atom. The summed E-state index contributed by atoms with van der Waals surface area (Å²) in [7, 11) is 2.82. The van der Waals surface area contributed by atoms with Crippen LogP contribution in [0.4, 0.5) is 4.39 Å². The van der Waals surface area contributed by atoms with Gasteiger partial charge in [-0.2, -0.15) is 0 Å². The molecule has 1 heterocycles. The summed E-state index contributed by atoms with van der Waals surface area (Å²) in [6.45, 7) is 6.13. The third-order valence-electron chi connectivity index (χ3n) is 6.79. The minimum Gasteiger partial charge on any atom is -0.467 e. The van der Waals surface area contributed by atoms with E-state index in [0.29, 0.717) is 37.1 Å². The highest BCUT2D eigenvalue weighted by molar-refractivity contribution is 6.02. The summed E-state index contributed by atoms with van der Waals surface area (Å²) in [6.07, 6.45) is 15.7. The summed E-state index contributed by atoms with van der Waals surface area (Å²) in [4.78, 5) is 37.7. The van der Waals surface area contributed by atoms with Crippen LogP contribution in [0.1, 0.15) is 38.2 Å². The number of hydrogen-bond acceptors (Lipinski definition) is 6. The van der Waals surface area contributed by atoms with Crippen LogP contribution in [0.25, 0.3) is 5.76 Å². The highest BCUT2D eigenvalue weighted by Gasteiger charge is 2.46. The molecule has 3 N–H and O–H groups in total. The van der Waals surface area contributed by atoms with Crippen LogP contribution < -0.4 is 16.0 Å². The first-order chi connectivity index (χ1) is 19.7. The van der Waals surface area contributed by atoms with Crippen LogP contribution in [-0.4, -0.2) is 44.0 Å². The molecule has 0 atom stereocenters. The van der Waals surface area contributed by atoms with Crippen LogP contribution in [-0.2, 0) is 23.9 Å². The molecule has 2 aliphatic rings. The molecule has 1 aromatic rings. The van der Waals surface area contributed by atoms with Crippen molar-refractivity contribution in [2.24, 2.45) is 0 Å². The molecule has 3 rings (SSSR count). The fourth-order valence-electron chi connectivity index (χ4n) is 4.33. The van der Waals surface area contributed by atoms with Crippen molar-refractivity contribution in [1.29, 1.82) is 0 Å². The normalized spacial score (nSPS) is 17.8. The molecule has 1 aliphatic carbocycles. The van der Waals surface area contributed by atoms with Gasteiger partial charge in [-0.3, -0.25) is 9.59 Å². The van der Waals surface area contributed by atoms with Crippen LogP contribution in [0, 0.1) is 5.82 Å². The zero-order valence-electron chi connectivity index (χ0n) is 23.6. The lowest BCUT2D eigenvalue weighted by molar-refractivity contribution is -0.154. The van der Waals surface area contributed by atoms with Gasteiger partial charge < -0.3 is 25.4 Å². The summed E-state index contributed by atoms with van der Waals surface area (Å²) < 4.78 is 24.8. The molecule has 216 valence electrons. The van der Waals surface area contributed by atoms with Crippen molar-refractivity contribution >= 4 is 23.5 Å². The SMILES string of the molecule is C=C/C=C(\C=C\C(=O)NC1(C(=O)OC)CCC1)C/C=C/C(C(=O)NC)=C(\O/C(C)=C1\C=CNC1)c1ccc(F)cc1. The number of ether oxygens (including phenoxy) is 2. The Morgan fingerprint density at radius 2 is 1.88 bits per heavy atom. The number of hydrogen-bond donors (Lipinski definition) is 3. The molecule has 0 bridgehead atoms. The van der Waals surface area contributed by atoms with Crippen molar-refractivity contribution < 1.29 is 28.2 Å². The summed E-state index contributed by atoms with van der Waals surface area (Å²) in [6, 6.07) is 5.71. The number of carbonyl (C=O) groups is 3. The summed E-state index contributed by atoms with van der Waals surface area (Å²) in [5, 5.41) is 8.50. The Bertz CT molecular complexity index is 1350. The van der Waals surface area contributed by atoms with Crippen LogP contribution in [0.15, 0.2) is 102 Å². The minimum absolute atomic E-state index is 0.235. The van der Waals surface area contributed by atoms with Gasteiger partial charge in [-0.05, 0) is 80.8 Å². The highest BCUT2D eigenvalue weighted by Crippen LogP contribution is 2.33. The second-order valence-corrected chi connectivity index (χ2v) is 9.56. The molecule has 0 radical (unpaired) electrons. The summed E-state index contributed by atoms with van der Waals surface area (Å²) in [5.74, 6) is -0.800. The number of amides is 2. The number of methoxy groups -OCH3 is 1. The molecular formula is C32H36FN3O5. The Hall–Kier alpha value is -4.66. The molecular weight excluding hydrogens is 525 g/mol. The molecule has 0 saturated heterocycles. The third-order valence-corrected chi connectivity index (χ3v) is 6.79. The number of halogens is 1. The van der Waals surface area contributed by atoms with Gasteiger partial charge in [0.25, 0.3) is 5.91 Å². The number of rotatable bonds is 12. The van der Waals surface area contributed by atoms with E-state index < -0.39 is 29.1 Å². The summed E-state index contributed by atoms with van der Waals surface area (Å²) >= 11 is 0.